The van der Waals surface area contributed by atoms with E-state index in [1.165, 1.54) is 0 Å². The Kier molecular flexibility index (Phi) is 5.21. The van der Waals surface area contributed by atoms with E-state index in [2.05, 4.69) is 35.6 Å². The molecule has 1 rings (SSSR count). The summed E-state index contributed by atoms with van der Waals surface area (Å²) in [6.07, 6.45) is 1.07. The van der Waals surface area contributed by atoms with Crippen LogP contribution < -0.4 is 5.73 Å². The van der Waals surface area contributed by atoms with Crippen molar-refractivity contribution in [2.45, 2.75) is 32.7 Å². The van der Waals surface area contributed by atoms with Gasteiger partial charge in [-0.1, -0.05) is 0 Å². The van der Waals surface area contributed by atoms with Crippen molar-refractivity contribution in [2.24, 2.45) is 10.7 Å². The van der Waals surface area contributed by atoms with Crippen LogP contribution >= 0.6 is 0 Å². The molecule has 0 aromatic heterocycles. The lowest BCUT2D eigenvalue weighted by Gasteiger charge is -2.24. The number of aliphatic hydroxyl groups is 1. The van der Waals surface area contributed by atoms with E-state index in [1.807, 2.05) is 0 Å². The lowest BCUT2D eigenvalue weighted by molar-refractivity contribution is 0.201. The van der Waals surface area contributed by atoms with Gasteiger partial charge in [0.1, 0.15) is 0 Å². The first kappa shape index (κ1) is 14.3. The van der Waals surface area contributed by atoms with Crippen molar-refractivity contribution in [1.29, 1.82) is 0 Å². The third-order valence-corrected chi connectivity index (χ3v) is 2.78. The lowest BCUT2D eigenvalue weighted by atomic mass is 10.1. The van der Waals surface area contributed by atoms with Crippen LogP contribution in [0.25, 0.3) is 0 Å². The van der Waals surface area contributed by atoms with Crippen LogP contribution in [0.2, 0.25) is 0 Å². The van der Waals surface area contributed by atoms with Crippen molar-refractivity contribution in [3.63, 3.8) is 0 Å². The lowest BCUT2D eigenvalue weighted by Crippen LogP contribution is -2.41. The van der Waals surface area contributed by atoms with Gasteiger partial charge in [0.15, 0.2) is 5.96 Å². The van der Waals surface area contributed by atoms with Crippen LogP contribution in [0.1, 0.15) is 27.2 Å². The first-order chi connectivity index (χ1) is 7.92. The van der Waals surface area contributed by atoms with E-state index in [0.29, 0.717) is 5.96 Å². The number of guanidine groups is 1. The largest absolute Gasteiger partial charge is 0.395 e. The van der Waals surface area contributed by atoms with E-state index < -0.39 is 0 Å². The Morgan fingerprint density at radius 2 is 1.94 bits per heavy atom. The average Bonchev–Trinajstić information content (AvgIpc) is 2.41. The molecule has 1 aliphatic rings. The molecule has 1 saturated heterocycles. The van der Waals surface area contributed by atoms with Gasteiger partial charge in [0, 0.05) is 26.2 Å². The summed E-state index contributed by atoms with van der Waals surface area (Å²) >= 11 is 0. The van der Waals surface area contributed by atoms with E-state index in [9.17, 15) is 0 Å². The van der Waals surface area contributed by atoms with Crippen molar-refractivity contribution >= 4 is 5.96 Å². The minimum Gasteiger partial charge on any atom is -0.395 e. The highest BCUT2D eigenvalue weighted by Gasteiger charge is 2.17. The number of rotatable bonds is 2. The van der Waals surface area contributed by atoms with Crippen LogP contribution in [0.4, 0.5) is 0 Å². The van der Waals surface area contributed by atoms with Gasteiger partial charge in [-0.3, -0.25) is 4.90 Å². The highest BCUT2D eigenvalue weighted by atomic mass is 16.3. The summed E-state index contributed by atoms with van der Waals surface area (Å²) in [6.45, 7) is 11.0. The van der Waals surface area contributed by atoms with Gasteiger partial charge in [-0.2, -0.15) is 0 Å². The monoisotopic (exact) mass is 242 g/mol. The molecule has 1 aliphatic heterocycles. The molecule has 5 nitrogen and oxygen atoms in total. The zero-order valence-corrected chi connectivity index (χ0v) is 11.3. The summed E-state index contributed by atoms with van der Waals surface area (Å²) in [5, 5.41) is 8.93. The molecule has 0 unspecified atom stereocenters. The van der Waals surface area contributed by atoms with Gasteiger partial charge in [0.2, 0.25) is 0 Å². The second-order valence-electron chi connectivity index (χ2n) is 5.55. The quantitative estimate of drug-likeness (QED) is 0.532. The minimum absolute atomic E-state index is 0.124. The van der Waals surface area contributed by atoms with E-state index >= 15 is 0 Å². The number of nitrogens with two attached hydrogens (primary N) is 1. The first-order valence-electron chi connectivity index (χ1n) is 6.36. The van der Waals surface area contributed by atoms with Gasteiger partial charge in [0.05, 0.1) is 12.1 Å². The summed E-state index contributed by atoms with van der Waals surface area (Å²) in [5.74, 6) is 0.642. The zero-order valence-electron chi connectivity index (χ0n) is 11.3. The molecule has 5 heteroatoms. The van der Waals surface area contributed by atoms with Gasteiger partial charge in [-0.25, -0.2) is 4.99 Å². The smallest absolute Gasteiger partial charge is 0.191 e. The number of aliphatic hydroxyl groups excluding tert-OH is 1. The Hall–Kier alpha value is -0.810. The molecule has 0 aromatic carbocycles. The molecule has 0 bridgehead atoms. The number of nitrogens with zero attached hydrogens (tertiary/aromatic N) is 3. The normalized spacial score (nSPS) is 20.5. The molecule has 1 fully saturated rings. The summed E-state index contributed by atoms with van der Waals surface area (Å²) in [4.78, 5) is 8.91. The van der Waals surface area contributed by atoms with Gasteiger partial charge in [-0.15, -0.1) is 0 Å². The number of hydrogen-bond donors (Lipinski definition) is 2. The summed E-state index contributed by atoms with van der Waals surface area (Å²) < 4.78 is 0. The average molecular weight is 242 g/mol. The number of hydrogen-bond acceptors (Lipinski definition) is 3. The molecule has 0 spiro atoms. The molecule has 0 aliphatic carbocycles. The van der Waals surface area contributed by atoms with Crippen LogP contribution in [-0.4, -0.2) is 65.7 Å². The highest BCUT2D eigenvalue weighted by molar-refractivity contribution is 5.78. The van der Waals surface area contributed by atoms with Crippen molar-refractivity contribution in [1.82, 2.24) is 9.80 Å². The Morgan fingerprint density at radius 1 is 1.24 bits per heavy atom. The van der Waals surface area contributed by atoms with Crippen molar-refractivity contribution in [2.75, 3.05) is 39.3 Å². The standard InChI is InChI=1S/C12H26N4O/c1-12(2,3)14-11(13)16-6-4-5-15(7-8-16)9-10-17/h17H,4-10H2,1-3H3,(H2,13,14). The Labute approximate surface area is 104 Å². The molecule has 0 atom stereocenters. The van der Waals surface area contributed by atoms with Crippen LogP contribution in [0.5, 0.6) is 0 Å². The Morgan fingerprint density at radius 3 is 2.53 bits per heavy atom. The molecule has 0 aromatic rings. The first-order valence-corrected chi connectivity index (χ1v) is 6.36. The molecular formula is C12H26N4O. The molecule has 0 amide bonds. The van der Waals surface area contributed by atoms with Crippen molar-refractivity contribution < 1.29 is 5.11 Å². The summed E-state index contributed by atoms with van der Waals surface area (Å²) in [7, 11) is 0. The molecule has 0 saturated carbocycles. The Bertz CT molecular complexity index is 260. The predicted molar refractivity (Wildman–Crippen MR) is 71.1 cm³/mol. The fraction of sp³-hybridized carbons (Fsp3) is 0.917. The molecule has 1 heterocycles. The topological polar surface area (TPSA) is 65.1 Å². The second kappa shape index (κ2) is 6.21. The molecule has 3 N–H and O–H groups in total. The van der Waals surface area contributed by atoms with Crippen molar-refractivity contribution in [3.8, 4) is 0 Å². The number of aliphatic imine (C=N–C) groups is 1. The fourth-order valence-electron chi connectivity index (χ4n) is 1.98. The highest BCUT2D eigenvalue weighted by Crippen LogP contribution is 2.08. The summed E-state index contributed by atoms with van der Waals surface area (Å²) in [5.41, 5.74) is 5.91. The maximum Gasteiger partial charge on any atom is 0.191 e. The summed E-state index contributed by atoms with van der Waals surface area (Å²) in [6, 6.07) is 0. The number of β-amino-alcohol motifs (C(OH)–C–C–N with tert-alkyl or cyclic N) is 1. The van der Waals surface area contributed by atoms with E-state index in [4.69, 9.17) is 10.8 Å². The maximum absolute atomic E-state index is 8.93. The Balaban J connectivity index is 2.54. The zero-order chi connectivity index (χ0) is 12.9. The molecule has 0 radical (unpaired) electrons. The van der Waals surface area contributed by atoms with E-state index in [1.54, 1.807) is 0 Å². The predicted octanol–water partition coefficient (Wildman–Crippen LogP) is 0.0996. The van der Waals surface area contributed by atoms with Crippen LogP contribution in [0.3, 0.4) is 0 Å². The van der Waals surface area contributed by atoms with Gasteiger partial charge >= 0.3 is 0 Å². The third kappa shape index (κ3) is 5.37. The maximum atomic E-state index is 8.93. The molecule has 100 valence electrons. The van der Waals surface area contributed by atoms with Crippen LogP contribution in [0.15, 0.2) is 4.99 Å². The van der Waals surface area contributed by atoms with E-state index in [0.717, 1.165) is 39.1 Å². The van der Waals surface area contributed by atoms with Crippen LogP contribution in [-0.2, 0) is 0 Å². The van der Waals surface area contributed by atoms with Crippen LogP contribution in [0, 0.1) is 0 Å². The SMILES string of the molecule is CC(C)(C)N=C(N)N1CCCN(CCO)CC1. The minimum atomic E-state index is -0.124. The van der Waals surface area contributed by atoms with Gasteiger partial charge in [-0.05, 0) is 33.7 Å². The van der Waals surface area contributed by atoms with Gasteiger partial charge < -0.3 is 15.7 Å². The fourth-order valence-corrected chi connectivity index (χ4v) is 1.98. The van der Waals surface area contributed by atoms with Gasteiger partial charge in [0.25, 0.3) is 0 Å². The molecular weight excluding hydrogens is 216 g/mol. The molecule has 17 heavy (non-hydrogen) atoms. The van der Waals surface area contributed by atoms with Crippen molar-refractivity contribution in [3.05, 3.63) is 0 Å². The second-order valence-corrected chi connectivity index (χ2v) is 5.55. The van der Waals surface area contributed by atoms with E-state index in [-0.39, 0.29) is 12.1 Å². The third-order valence-electron chi connectivity index (χ3n) is 2.78.